The SMILES string of the molecule is CC(C)(C)c1nc2c(o1)CCN(C(=O)CCc1cn[nH]c1)C2. The molecule has 1 aliphatic rings. The highest BCUT2D eigenvalue weighted by Gasteiger charge is 2.28. The van der Waals surface area contributed by atoms with E-state index < -0.39 is 0 Å². The van der Waals surface area contributed by atoms with Crippen molar-refractivity contribution in [3.63, 3.8) is 0 Å². The fourth-order valence-electron chi connectivity index (χ4n) is 2.56. The van der Waals surface area contributed by atoms with E-state index in [1.54, 1.807) is 6.20 Å². The van der Waals surface area contributed by atoms with Gasteiger partial charge in [-0.25, -0.2) is 4.98 Å². The predicted molar refractivity (Wildman–Crippen MR) is 81.2 cm³/mol. The number of carbonyl (C=O) groups is 1. The van der Waals surface area contributed by atoms with Crippen LogP contribution in [0.4, 0.5) is 0 Å². The van der Waals surface area contributed by atoms with Crippen molar-refractivity contribution >= 4 is 5.91 Å². The Labute approximate surface area is 129 Å². The van der Waals surface area contributed by atoms with E-state index in [0.717, 1.165) is 29.3 Å². The van der Waals surface area contributed by atoms with Crippen molar-refractivity contribution < 1.29 is 9.21 Å². The van der Waals surface area contributed by atoms with Gasteiger partial charge in [-0.05, 0) is 12.0 Å². The first-order valence-corrected chi connectivity index (χ1v) is 7.68. The lowest BCUT2D eigenvalue weighted by molar-refractivity contribution is -0.132. The summed E-state index contributed by atoms with van der Waals surface area (Å²) in [6.45, 7) is 7.50. The fraction of sp³-hybridized carbons (Fsp3) is 0.562. The molecule has 0 unspecified atom stereocenters. The average Bonchev–Trinajstić information content (AvgIpc) is 3.12. The summed E-state index contributed by atoms with van der Waals surface area (Å²) in [5.74, 6) is 1.85. The number of hydrogen-bond acceptors (Lipinski definition) is 4. The van der Waals surface area contributed by atoms with E-state index in [9.17, 15) is 4.79 Å². The zero-order valence-electron chi connectivity index (χ0n) is 13.3. The fourth-order valence-corrected chi connectivity index (χ4v) is 2.56. The summed E-state index contributed by atoms with van der Waals surface area (Å²) in [6.07, 6.45) is 5.54. The predicted octanol–water partition coefficient (Wildman–Crippen LogP) is 2.21. The molecule has 0 radical (unpaired) electrons. The van der Waals surface area contributed by atoms with Gasteiger partial charge in [-0.3, -0.25) is 9.89 Å². The third kappa shape index (κ3) is 3.05. The molecule has 6 nitrogen and oxygen atoms in total. The first-order valence-electron chi connectivity index (χ1n) is 7.68. The quantitative estimate of drug-likeness (QED) is 0.943. The Morgan fingerprint density at radius 3 is 2.95 bits per heavy atom. The lowest BCUT2D eigenvalue weighted by Crippen LogP contribution is -2.35. The summed E-state index contributed by atoms with van der Waals surface area (Å²) in [6, 6.07) is 0. The van der Waals surface area contributed by atoms with Crippen molar-refractivity contribution in [3.05, 3.63) is 35.3 Å². The van der Waals surface area contributed by atoms with Crippen LogP contribution < -0.4 is 0 Å². The first kappa shape index (κ1) is 14.8. The smallest absolute Gasteiger partial charge is 0.223 e. The number of oxazole rings is 1. The Morgan fingerprint density at radius 1 is 1.45 bits per heavy atom. The molecule has 118 valence electrons. The van der Waals surface area contributed by atoms with Gasteiger partial charge in [-0.15, -0.1) is 0 Å². The molecule has 0 saturated carbocycles. The lowest BCUT2D eigenvalue weighted by Gasteiger charge is -2.25. The molecule has 0 aliphatic carbocycles. The number of fused-ring (bicyclic) bond motifs is 1. The molecule has 0 fully saturated rings. The second-order valence-electron chi connectivity index (χ2n) is 6.81. The second kappa shape index (κ2) is 5.59. The van der Waals surface area contributed by atoms with Gasteiger partial charge >= 0.3 is 0 Å². The van der Waals surface area contributed by atoms with E-state index in [-0.39, 0.29) is 11.3 Å². The maximum absolute atomic E-state index is 12.3. The van der Waals surface area contributed by atoms with Crippen molar-refractivity contribution in [2.75, 3.05) is 6.54 Å². The standard InChI is InChI=1S/C16H22N4O2/c1-16(2,3)15-19-12-10-20(7-6-13(12)22-15)14(21)5-4-11-8-17-18-9-11/h8-9H,4-7,10H2,1-3H3,(H,17,18). The minimum Gasteiger partial charge on any atom is -0.445 e. The molecule has 1 N–H and O–H groups in total. The van der Waals surface area contributed by atoms with Gasteiger partial charge in [0.05, 0.1) is 12.7 Å². The van der Waals surface area contributed by atoms with Crippen molar-refractivity contribution in [1.82, 2.24) is 20.1 Å². The maximum atomic E-state index is 12.3. The Kier molecular flexibility index (Phi) is 3.76. The van der Waals surface area contributed by atoms with Gasteiger partial charge in [0.1, 0.15) is 11.5 Å². The van der Waals surface area contributed by atoms with E-state index in [2.05, 4.69) is 36.0 Å². The van der Waals surface area contributed by atoms with Crippen molar-refractivity contribution in [2.45, 2.75) is 52.0 Å². The van der Waals surface area contributed by atoms with Crippen LogP contribution >= 0.6 is 0 Å². The number of hydrogen-bond donors (Lipinski definition) is 1. The molecular formula is C16H22N4O2. The minimum absolute atomic E-state index is 0.104. The van der Waals surface area contributed by atoms with Crippen molar-refractivity contribution in [2.24, 2.45) is 0 Å². The first-order chi connectivity index (χ1) is 10.4. The van der Waals surface area contributed by atoms with Gasteiger partial charge < -0.3 is 9.32 Å². The molecule has 0 aromatic carbocycles. The van der Waals surface area contributed by atoms with Gasteiger partial charge in [0.15, 0.2) is 5.89 Å². The molecule has 1 aliphatic heterocycles. The van der Waals surface area contributed by atoms with E-state index in [4.69, 9.17) is 4.42 Å². The Bertz CT molecular complexity index is 652. The van der Waals surface area contributed by atoms with Crippen LogP contribution in [0.3, 0.4) is 0 Å². The summed E-state index contributed by atoms with van der Waals surface area (Å²) in [4.78, 5) is 18.8. The molecule has 0 bridgehead atoms. The highest BCUT2D eigenvalue weighted by molar-refractivity contribution is 5.76. The summed E-state index contributed by atoms with van der Waals surface area (Å²) >= 11 is 0. The van der Waals surface area contributed by atoms with Crippen LogP contribution in [0, 0.1) is 0 Å². The largest absolute Gasteiger partial charge is 0.445 e. The number of aromatic amines is 1. The highest BCUT2D eigenvalue weighted by atomic mass is 16.4. The van der Waals surface area contributed by atoms with Gasteiger partial charge in [0, 0.05) is 31.0 Å². The molecule has 2 aromatic heterocycles. The van der Waals surface area contributed by atoms with Gasteiger partial charge in [-0.1, -0.05) is 20.8 Å². The number of H-pyrrole nitrogens is 1. The molecule has 0 saturated heterocycles. The van der Waals surface area contributed by atoms with Crippen LogP contribution in [0.1, 0.15) is 50.1 Å². The molecule has 3 rings (SSSR count). The number of nitrogens with one attached hydrogen (secondary N) is 1. The zero-order chi connectivity index (χ0) is 15.7. The number of carbonyl (C=O) groups excluding carboxylic acids is 1. The number of nitrogens with zero attached hydrogens (tertiary/aromatic N) is 3. The zero-order valence-corrected chi connectivity index (χ0v) is 13.3. The topological polar surface area (TPSA) is 75.0 Å². The normalized spacial score (nSPS) is 15.0. The van der Waals surface area contributed by atoms with Crippen LogP contribution in [0.2, 0.25) is 0 Å². The number of aryl methyl sites for hydroxylation is 1. The van der Waals surface area contributed by atoms with Crippen LogP contribution in [-0.4, -0.2) is 32.5 Å². The molecule has 2 aromatic rings. The molecule has 1 amide bonds. The van der Waals surface area contributed by atoms with E-state index in [1.807, 2.05) is 11.1 Å². The van der Waals surface area contributed by atoms with Crippen LogP contribution in [0.5, 0.6) is 0 Å². The Morgan fingerprint density at radius 2 is 2.27 bits per heavy atom. The number of amides is 1. The monoisotopic (exact) mass is 302 g/mol. The summed E-state index contributed by atoms with van der Waals surface area (Å²) in [5.41, 5.74) is 1.86. The van der Waals surface area contributed by atoms with Gasteiger partial charge in [0.25, 0.3) is 0 Å². The summed E-state index contributed by atoms with van der Waals surface area (Å²) in [7, 11) is 0. The Hall–Kier alpha value is -2.11. The van der Waals surface area contributed by atoms with Crippen LogP contribution in [0.15, 0.2) is 16.8 Å². The average molecular weight is 302 g/mol. The van der Waals surface area contributed by atoms with Crippen molar-refractivity contribution in [1.29, 1.82) is 0 Å². The van der Waals surface area contributed by atoms with E-state index in [0.29, 0.717) is 25.9 Å². The van der Waals surface area contributed by atoms with Crippen molar-refractivity contribution in [3.8, 4) is 0 Å². The Balaban J connectivity index is 1.63. The highest BCUT2D eigenvalue weighted by Crippen LogP contribution is 2.27. The molecule has 0 atom stereocenters. The number of rotatable bonds is 3. The lowest BCUT2D eigenvalue weighted by atomic mass is 9.97. The molecule has 6 heteroatoms. The second-order valence-corrected chi connectivity index (χ2v) is 6.81. The third-order valence-electron chi connectivity index (χ3n) is 3.90. The molecule has 0 spiro atoms. The van der Waals surface area contributed by atoms with Crippen LogP contribution in [-0.2, 0) is 29.6 Å². The summed E-state index contributed by atoms with van der Waals surface area (Å²) < 4.78 is 5.86. The van der Waals surface area contributed by atoms with Crippen LogP contribution in [0.25, 0.3) is 0 Å². The molecule has 3 heterocycles. The van der Waals surface area contributed by atoms with E-state index in [1.165, 1.54) is 0 Å². The summed E-state index contributed by atoms with van der Waals surface area (Å²) in [5, 5.41) is 6.66. The maximum Gasteiger partial charge on any atom is 0.223 e. The molecule has 22 heavy (non-hydrogen) atoms. The van der Waals surface area contributed by atoms with Gasteiger partial charge in [0.2, 0.25) is 5.91 Å². The number of aromatic nitrogens is 3. The third-order valence-corrected chi connectivity index (χ3v) is 3.90. The van der Waals surface area contributed by atoms with E-state index >= 15 is 0 Å². The molecular weight excluding hydrogens is 280 g/mol. The minimum atomic E-state index is -0.104. The van der Waals surface area contributed by atoms with Gasteiger partial charge in [-0.2, -0.15) is 5.10 Å².